The molecule has 1 aromatic rings. The van der Waals surface area contributed by atoms with Gasteiger partial charge in [-0.25, -0.2) is 0 Å². The normalized spacial score (nSPS) is 23.2. The van der Waals surface area contributed by atoms with Crippen LogP contribution in [-0.4, -0.2) is 17.8 Å². The van der Waals surface area contributed by atoms with E-state index in [1.165, 1.54) is 24.0 Å². The Kier molecular flexibility index (Phi) is 4.31. The monoisotopic (exact) mass is 346 g/mol. The first kappa shape index (κ1) is 12.4. The predicted octanol–water partition coefficient (Wildman–Crippen LogP) is 4.45. The molecular weight excluding hydrogens is 332 g/mol. The maximum Gasteiger partial charge on any atom is 0.119 e. The van der Waals surface area contributed by atoms with E-state index in [-0.39, 0.29) is 0 Å². The van der Waals surface area contributed by atoms with Crippen molar-refractivity contribution in [1.29, 1.82) is 0 Å². The summed E-state index contributed by atoms with van der Waals surface area (Å²) in [7, 11) is 1.73. The minimum atomic E-state index is 0.671. The lowest BCUT2D eigenvalue weighted by Crippen LogP contribution is -1.95. The number of benzene rings is 1. The molecule has 0 N–H and O–H groups in total. The second kappa shape index (κ2) is 5.54. The third-order valence-corrected chi connectivity index (χ3v) is 4.63. The first-order chi connectivity index (χ1) is 7.80. The molecule has 0 amide bonds. The first-order valence-electron chi connectivity index (χ1n) is 5.60. The highest BCUT2D eigenvalue weighted by Crippen LogP contribution is 2.45. The van der Waals surface area contributed by atoms with Crippen molar-refractivity contribution < 1.29 is 4.74 Å². The molecule has 0 heterocycles. The zero-order chi connectivity index (χ0) is 11.5. The van der Waals surface area contributed by atoms with Gasteiger partial charge in [0.2, 0.25) is 0 Å². The Balaban J connectivity index is 2.33. The SMILES string of the molecule is COc1ccc2c(c1)[C@H](CCBr)C[C@@H]2CBr. The number of rotatable bonds is 4. The van der Waals surface area contributed by atoms with Crippen molar-refractivity contribution in [1.82, 2.24) is 0 Å². The summed E-state index contributed by atoms with van der Waals surface area (Å²) >= 11 is 7.16. The van der Waals surface area contributed by atoms with Crippen molar-refractivity contribution in [3.63, 3.8) is 0 Å². The molecule has 2 atom stereocenters. The van der Waals surface area contributed by atoms with E-state index in [2.05, 4.69) is 50.1 Å². The van der Waals surface area contributed by atoms with E-state index in [4.69, 9.17) is 4.74 Å². The molecule has 16 heavy (non-hydrogen) atoms. The Morgan fingerprint density at radius 1 is 1.25 bits per heavy atom. The number of alkyl halides is 2. The summed E-state index contributed by atoms with van der Waals surface area (Å²) in [5.74, 6) is 2.34. The van der Waals surface area contributed by atoms with E-state index >= 15 is 0 Å². The summed E-state index contributed by atoms with van der Waals surface area (Å²) in [6, 6.07) is 6.52. The number of ether oxygens (including phenoxy) is 1. The first-order valence-corrected chi connectivity index (χ1v) is 7.84. The Bertz CT molecular complexity index is 365. The van der Waals surface area contributed by atoms with Gasteiger partial charge >= 0.3 is 0 Å². The number of hydrogen-bond donors (Lipinski definition) is 0. The van der Waals surface area contributed by atoms with Crippen LogP contribution in [0.4, 0.5) is 0 Å². The van der Waals surface area contributed by atoms with Crippen molar-refractivity contribution in [2.45, 2.75) is 24.7 Å². The Morgan fingerprint density at radius 2 is 2.06 bits per heavy atom. The van der Waals surface area contributed by atoms with Gasteiger partial charge in [-0.2, -0.15) is 0 Å². The topological polar surface area (TPSA) is 9.23 Å². The number of methoxy groups -OCH3 is 1. The molecule has 0 unspecified atom stereocenters. The molecule has 0 bridgehead atoms. The molecule has 0 aromatic heterocycles. The van der Waals surface area contributed by atoms with E-state index in [1.807, 2.05) is 0 Å². The Hall–Kier alpha value is -0.0200. The summed E-state index contributed by atoms with van der Waals surface area (Å²) in [4.78, 5) is 0. The van der Waals surface area contributed by atoms with Gasteiger partial charge in [0.1, 0.15) is 5.75 Å². The van der Waals surface area contributed by atoms with Gasteiger partial charge < -0.3 is 4.74 Å². The summed E-state index contributed by atoms with van der Waals surface area (Å²) < 4.78 is 5.31. The summed E-state index contributed by atoms with van der Waals surface area (Å²) in [5.41, 5.74) is 2.99. The highest BCUT2D eigenvalue weighted by Gasteiger charge is 2.29. The van der Waals surface area contributed by atoms with Crippen LogP contribution in [0.15, 0.2) is 18.2 Å². The van der Waals surface area contributed by atoms with E-state index in [9.17, 15) is 0 Å². The molecule has 2 rings (SSSR count). The lowest BCUT2D eigenvalue weighted by molar-refractivity contribution is 0.414. The van der Waals surface area contributed by atoms with E-state index in [1.54, 1.807) is 7.11 Å². The molecule has 0 radical (unpaired) electrons. The summed E-state index contributed by atoms with van der Waals surface area (Å²) in [6.07, 6.45) is 2.48. The maximum atomic E-state index is 5.31. The highest BCUT2D eigenvalue weighted by atomic mass is 79.9. The van der Waals surface area contributed by atoms with Crippen LogP contribution in [0.1, 0.15) is 35.8 Å². The molecule has 0 fully saturated rings. The van der Waals surface area contributed by atoms with Gasteiger partial charge in [0.15, 0.2) is 0 Å². The molecule has 0 saturated heterocycles. The fraction of sp³-hybridized carbons (Fsp3) is 0.538. The van der Waals surface area contributed by atoms with Crippen LogP contribution >= 0.6 is 31.9 Å². The molecular formula is C13H16Br2O. The van der Waals surface area contributed by atoms with E-state index in [0.29, 0.717) is 11.8 Å². The van der Waals surface area contributed by atoms with Crippen molar-refractivity contribution in [3.8, 4) is 5.75 Å². The van der Waals surface area contributed by atoms with Gasteiger partial charge in [-0.15, -0.1) is 0 Å². The van der Waals surface area contributed by atoms with Crippen molar-refractivity contribution in [2.75, 3.05) is 17.8 Å². The average molecular weight is 348 g/mol. The number of fused-ring (bicyclic) bond motifs is 1. The standard InChI is InChI=1S/C13H16Br2O/c1-16-11-2-3-12-10(8-15)6-9(4-5-14)13(12)7-11/h2-3,7,9-10H,4-6,8H2,1H3/t9-,10-/m1/s1. The van der Waals surface area contributed by atoms with Crippen molar-refractivity contribution in [2.24, 2.45) is 0 Å². The molecule has 3 heteroatoms. The zero-order valence-corrected chi connectivity index (χ0v) is 12.6. The third kappa shape index (κ3) is 2.30. The Morgan fingerprint density at radius 3 is 2.69 bits per heavy atom. The second-order valence-corrected chi connectivity index (χ2v) is 5.70. The zero-order valence-electron chi connectivity index (χ0n) is 9.38. The van der Waals surface area contributed by atoms with Crippen LogP contribution < -0.4 is 4.74 Å². The molecule has 0 aliphatic heterocycles. The molecule has 0 saturated carbocycles. The third-order valence-electron chi connectivity index (χ3n) is 3.39. The van der Waals surface area contributed by atoms with Gasteiger partial charge in [0.05, 0.1) is 7.11 Å². The lowest BCUT2D eigenvalue weighted by Gasteiger charge is -2.10. The average Bonchev–Trinajstić information content (AvgIpc) is 2.67. The molecule has 1 aliphatic carbocycles. The van der Waals surface area contributed by atoms with Crippen LogP contribution in [0.2, 0.25) is 0 Å². The quantitative estimate of drug-likeness (QED) is 0.731. The van der Waals surface area contributed by atoms with Crippen LogP contribution in [0.5, 0.6) is 5.75 Å². The van der Waals surface area contributed by atoms with Crippen molar-refractivity contribution >= 4 is 31.9 Å². The lowest BCUT2D eigenvalue weighted by atomic mass is 9.99. The predicted molar refractivity (Wildman–Crippen MR) is 75.3 cm³/mol. The molecule has 1 nitrogen and oxygen atoms in total. The smallest absolute Gasteiger partial charge is 0.119 e. The minimum Gasteiger partial charge on any atom is -0.497 e. The Labute approximate surface area is 114 Å². The number of hydrogen-bond acceptors (Lipinski definition) is 1. The van der Waals surface area contributed by atoms with Gasteiger partial charge in [-0.05, 0) is 47.9 Å². The maximum absolute atomic E-state index is 5.31. The fourth-order valence-corrected chi connectivity index (χ4v) is 3.72. The minimum absolute atomic E-state index is 0.671. The summed E-state index contributed by atoms with van der Waals surface area (Å²) in [6.45, 7) is 0. The van der Waals surface area contributed by atoms with Crippen LogP contribution in [0, 0.1) is 0 Å². The van der Waals surface area contributed by atoms with Gasteiger partial charge in [0, 0.05) is 10.7 Å². The highest BCUT2D eigenvalue weighted by molar-refractivity contribution is 9.09. The largest absolute Gasteiger partial charge is 0.497 e. The van der Waals surface area contributed by atoms with Gasteiger partial charge in [-0.1, -0.05) is 37.9 Å². The molecule has 88 valence electrons. The van der Waals surface area contributed by atoms with Gasteiger partial charge in [-0.3, -0.25) is 0 Å². The molecule has 1 aliphatic rings. The second-order valence-electron chi connectivity index (χ2n) is 4.26. The van der Waals surface area contributed by atoms with E-state index < -0.39 is 0 Å². The van der Waals surface area contributed by atoms with E-state index in [0.717, 1.165) is 16.4 Å². The van der Waals surface area contributed by atoms with Crippen LogP contribution in [0.3, 0.4) is 0 Å². The molecule has 0 spiro atoms. The number of halogens is 2. The molecule has 1 aromatic carbocycles. The fourth-order valence-electron chi connectivity index (χ4n) is 2.55. The van der Waals surface area contributed by atoms with Crippen LogP contribution in [-0.2, 0) is 0 Å². The van der Waals surface area contributed by atoms with Crippen LogP contribution in [0.25, 0.3) is 0 Å². The van der Waals surface area contributed by atoms with Gasteiger partial charge in [0.25, 0.3) is 0 Å². The van der Waals surface area contributed by atoms with Crippen molar-refractivity contribution in [3.05, 3.63) is 29.3 Å². The summed E-state index contributed by atoms with van der Waals surface area (Å²) in [5, 5.41) is 2.13.